The third-order valence-electron chi connectivity index (χ3n) is 5.77. The van der Waals surface area contributed by atoms with E-state index in [0.717, 1.165) is 11.1 Å². The number of primary amides is 1. The van der Waals surface area contributed by atoms with Crippen LogP contribution in [0.1, 0.15) is 30.7 Å². The Bertz CT molecular complexity index is 1160. The van der Waals surface area contributed by atoms with E-state index in [9.17, 15) is 13.2 Å². The number of carbonyl (C=O) groups is 1. The molecule has 1 aromatic carbocycles. The normalized spacial score (nSPS) is 19.2. The number of rotatable bonds is 6. The van der Waals surface area contributed by atoms with Crippen LogP contribution in [0.5, 0.6) is 0 Å². The van der Waals surface area contributed by atoms with Gasteiger partial charge in [0.2, 0.25) is 15.9 Å². The summed E-state index contributed by atoms with van der Waals surface area (Å²) in [6.45, 7) is 4.32. The molecule has 1 aliphatic carbocycles. The van der Waals surface area contributed by atoms with Crippen LogP contribution < -0.4 is 5.73 Å². The first kappa shape index (κ1) is 21.1. The van der Waals surface area contributed by atoms with Gasteiger partial charge >= 0.3 is 0 Å². The van der Waals surface area contributed by atoms with Gasteiger partial charge in [0.1, 0.15) is 6.54 Å². The summed E-state index contributed by atoms with van der Waals surface area (Å²) in [6, 6.07) is 9.74. The van der Waals surface area contributed by atoms with E-state index in [1.54, 1.807) is 18.2 Å². The maximum absolute atomic E-state index is 13.1. The van der Waals surface area contributed by atoms with E-state index in [1.165, 1.54) is 9.10 Å². The van der Waals surface area contributed by atoms with E-state index < -0.39 is 21.3 Å². The van der Waals surface area contributed by atoms with Gasteiger partial charge in [0.05, 0.1) is 10.3 Å². The molecule has 1 aromatic heterocycles. The Morgan fingerprint density at radius 1 is 1.16 bits per heavy atom. The molecule has 9 nitrogen and oxygen atoms in total. The molecule has 1 amide bonds. The standard InChI is InChI=1S/C21H24N6O3S/c1-16-7-9-18(10-8-16)31(29,30)26-13-11-21(12-14-26,17-5-3-2-4-6-17)20-23-25-27(24-20)15-19(22)28/h2-7,9-10H,1,8,11-15H2,(H2,22,28). The zero-order chi connectivity index (χ0) is 22.1. The van der Waals surface area contributed by atoms with Crippen LogP contribution in [0, 0.1) is 0 Å². The first-order valence-electron chi connectivity index (χ1n) is 9.99. The van der Waals surface area contributed by atoms with Crippen LogP contribution >= 0.6 is 0 Å². The van der Waals surface area contributed by atoms with Crippen LogP contribution in [-0.2, 0) is 26.8 Å². The predicted molar refractivity (Wildman–Crippen MR) is 115 cm³/mol. The lowest BCUT2D eigenvalue weighted by atomic mass is 9.72. The molecule has 2 heterocycles. The van der Waals surface area contributed by atoms with Gasteiger partial charge in [-0.3, -0.25) is 4.79 Å². The summed E-state index contributed by atoms with van der Waals surface area (Å²) in [4.78, 5) is 12.7. The zero-order valence-electron chi connectivity index (χ0n) is 17.0. The number of piperidine rings is 1. The van der Waals surface area contributed by atoms with Gasteiger partial charge in [0.25, 0.3) is 0 Å². The number of hydrogen-bond acceptors (Lipinski definition) is 6. The van der Waals surface area contributed by atoms with E-state index in [2.05, 4.69) is 22.0 Å². The Labute approximate surface area is 181 Å². The predicted octanol–water partition coefficient (Wildman–Crippen LogP) is 1.27. The summed E-state index contributed by atoms with van der Waals surface area (Å²) >= 11 is 0. The highest BCUT2D eigenvalue weighted by Crippen LogP contribution is 2.41. The van der Waals surface area contributed by atoms with E-state index in [1.807, 2.05) is 30.3 Å². The summed E-state index contributed by atoms with van der Waals surface area (Å²) in [6.07, 6.45) is 6.56. The van der Waals surface area contributed by atoms with Crippen molar-refractivity contribution in [3.8, 4) is 0 Å². The Morgan fingerprint density at radius 2 is 1.87 bits per heavy atom. The monoisotopic (exact) mass is 440 g/mol. The second-order valence-electron chi connectivity index (χ2n) is 7.76. The summed E-state index contributed by atoms with van der Waals surface area (Å²) in [5.41, 5.74) is 6.51. The van der Waals surface area contributed by atoms with Crippen molar-refractivity contribution in [2.75, 3.05) is 13.1 Å². The van der Waals surface area contributed by atoms with Crippen LogP contribution in [-0.4, -0.2) is 51.9 Å². The fourth-order valence-corrected chi connectivity index (χ4v) is 5.55. The molecule has 0 unspecified atom stereocenters. The van der Waals surface area contributed by atoms with Crippen molar-refractivity contribution in [2.24, 2.45) is 5.73 Å². The fraction of sp³-hybridized carbons (Fsp3) is 0.333. The van der Waals surface area contributed by atoms with Crippen LogP contribution in [0.3, 0.4) is 0 Å². The molecule has 1 fully saturated rings. The van der Waals surface area contributed by atoms with Gasteiger partial charge in [-0.25, -0.2) is 8.42 Å². The van der Waals surface area contributed by atoms with Gasteiger partial charge in [0.15, 0.2) is 5.82 Å². The number of hydrogen-bond donors (Lipinski definition) is 1. The number of allylic oxidation sites excluding steroid dienone is 4. The number of sulfonamides is 1. The molecule has 0 atom stereocenters. The van der Waals surface area contributed by atoms with Crippen LogP contribution in [0.15, 0.2) is 65.6 Å². The zero-order valence-corrected chi connectivity index (χ0v) is 17.8. The number of carbonyl (C=O) groups excluding carboxylic acids is 1. The summed E-state index contributed by atoms with van der Waals surface area (Å²) in [5.74, 6) is -0.0970. The minimum Gasteiger partial charge on any atom is -0.368 e. The van der Waals surface area contributed by atoms with Gasteiger partial charge in [-0.1, -0.05) is 54.6 Å². The average Bonchev–Trinajstić information content (AvgIpc) is 3.23. The maximum Gasteiger partial charge on any atom is 0.242 e. The van der Waals surface area contributed by atoms with Gasteiger partial charge in [-0.2, -0.15) is 9.10 Å². The minimum absolute atomic E-state index is 0.163. The van der Waals surface area contributed by atoms with E-state index >= 15 is 0 Å². The van der Waals surface area contributed by atoms with Crippen molar-refractivity contribution in [3.05, 3.63) is 77.0 Å². The number of tetrazole rings is 1. The van der Waals surface area contributed by atoms with Crippen molar-refractivity contribution in [1.82, 2.24) is 24.5 Å². The van der Waals surface area contributed by atoms with Crippen molar-refractivity contribution in [2.45, 2.75) is 31.2 Å². The number of amides is 1. The molecule has 2 aromatic rings. The molecular formula is C21H24N6O3S. The molecule has 162 valence electrons. The molecule has 1 aliphatic heterocycles. The van der Waals surface area contributed by atoms with Crippen LogP contribution in [0.25, 0.3) is 0 Å². The number of nitrogens with zero attached hydrogens (tertiary/aromatic N) is 5. The molecule has 10 heteroatoms. The van der Waals surface area contributed by atoms with E-state index in [-0.39, 0.29) is 6.54 Å². The summed E-state index contributed by atoms with van der Waals surface area (Å²) in [7, 11) is -3.59. The van der Waals surface area contributed by atoms with Gasteiger partial charge < -0.3 is 5.73 Å². The lowest BCUT2D eigenvalue weighted by Crippen LogP contribution is -2.46. The average molecular weight is 441 g/mol. The Balaban J connectivity index is 1.63. The molecule has 2 N–H and O–H groups in total. The highest BCUT2D eigenvalue weighted by molar-refractivity contribution is 7.93. The lowest BCUT2D eigenvalue weighted by molar-refractivity contribution is -0.119. The van der Waals surface area contributed by atoms with Crippen LogP contribution in [0.4, 0.5) is 0 Å². The largest absolute Gasteiger partial charge is 0.368 e. The minimum atomic E-state index is -3.59. The first-order chi connectivity index (χ1) is 14.8. The Morgan fingerprint density at radius 3 is 2.48 bits per heavy atom. The van der Waals surface area contributed by atoms with Crippen molar-refractivity contribution in [1.29, 1.82) is 0 Å². The third kappa shape index (κ3) is 4.08. The van der Waals surface area contributed by atoms with Gasteiger partial charge in [-0.05, 0) is 36.1 Å². The molecule has 4 rings (SSSR count). The summed E-state index contributed by atoms with van der Waals surface area (Å²) < 4.78 is 27.8. The number of nitrogens with two attached hydrogens (primary N) is 1. The second-order valence-corrected chi connectivity index (χ2v) is 9.70. The highest BCUT2D eigenvalue weighted by atomic mass is 32.2. The maximum atomic E-state index is 13.1. The highest BCUT2D eigenvalue weighted by Gasteiger charge is 2.44. The van der Waals surface area contributed by atoms with E-state index in [4.69, 9.17) is 5.73 Å². The van der Waals surface area contributed by atoms with E-state index in [0.29, 0.717) is 43.1 Å². The fourth-order valence-electron chi connectivity index (χ4n) is 4.06. The smallest absolute Gasteiger partial charge is 0.242 e. The van der Waals surface area contributed by atoms with Gasteiger partial charge in [-0.15, -0.1) is 10.2 Å². The van der Waals surface area contributed by atoms with Crippen molar-refractivity contribution < 1.29 is 13.2 Å². The molecule has 2 aliphatic rings. The second kappa shape index (κ2) is 8.20. The third-order valence-corrected chi connectivity index (χ3v) is 7.71. The lowest BCUT2D eigenvalue weighted by Gasteiger charge is -2.39. The SMILES string of the molecule is C=C1C=CC(S(=O)(=O)N2CCC(c3ccccc3)(c3nnn(CC(N)=O)n3)CC2)=CC1. The molecule has 0 spiro atoms. The Kier molecular flexibility index (Phi) is 5.59. The summed E-state index contributed by atoms with van der Waals surface area (Å²) in [5, 5.41) is 12.6. The number of aromatic nitrogens is 4. The quantitative estimate of drug-likeness (QED) is 0.721. The molecule has 0 saturated carbocycles. The first-order valence-corrected chi connectivity index (χ1v) is 11.4. The molecule has 0 bridgehead atoms. The molecule has 31 heavy (non-hydrogen) atoms. The molecular weight excluding hydrogens is 416 g/mol. The number of benzene rings is 1. The van der Waals surface area contributed by atoms with Gasteiger partial charge in [0, 0.05) is 13.1 Å². The Hall–Kier alpha value is -3.11. The topological polar surface area (TPSA) is 124 Å². The van der Waals surface area contributed by atoms with Crippen molar-refractivity contribution >= 4 is 15.9 Å². The van der Waals surface area contributed by atoms with Crippen molar-refractivity contribution in [3.63, 3.8) is 0 Å². The molecule has 0 radical (unpaired) electrons. The molecule has 1 saturated heterocycles. The van der Waals surface area contributed by atoms with Crippen LogP contribution in [0.2, 0.25) is 0 Å².